The number of nitrogens with zero attached hydrogens (tertiary/aromatic N) is 2. The molecule has 1 fully saturated rings. The lowest BCUT2D eigenvalue weighted by Crippen LogP contribution is -2.30. The van der Waals surface area contributed by atoms with Crippen molar-refractivity contribution in [3.63, 3.8) is 0 Å². The molecule has 2 rings (SSSR count). The molecule has 1 aromatic rings. The van der Waals surface area contributed by atoms with Crippen molar-refractivity contribution in [2.45, 2.75) is 12.6 Å². The van der Waals surface area contributed by atoms with Gasteiger partial charge in [0, 0.05) is 19.2 Å². The molecule has 1 unspecified atom stereocenters. The maximum Gasteiger partial charge on any atom is 0.418 e. The fraction of sp³-hybridized carbons (Fsp3) is 0.364. The van der Waals surface area contributed by atoms with E-state index in [4.69, 9.17) is 5.73 Å². The van der Waals surface area contributed by atoms with E-state index in [2.05, 4.69) is 4.98 Å². The molecule has 0 aromatic carbocycles. The number of alkyl halides is 3. The van der Waals surface area contributed by atoms with Gasteiger partial charge in [0.1, 0.15) is 0 Å². The van der Waals surface area contributed by atoms with Crippen LogP contribution in [0.4, 0.5) is 18.9 Å². The van der Waals surface area contributed by atoms with Gasteiger partial charge in [-0.25, -0.2) is 0 Å². The quantitative estimate of drug-likeness (QED) is 0.871. The number of carbonyl (C=O) groups is 2. The van der Waals surface area contributed by atoms with Crippen molar-refractivity contribution in [3.05, 3.63) is 24.0 Å². The summed E-state index contributed by atoms with van der Waals surface area (Å²) in [6.07, 6.45) is -2.81. The lowest BCUT2D eigenvalue weighted by molar-refractivity contribution is -0.137. The second kappa shape index (κ2) is 4.52. The first kappa shape index (κ1) is 13.3. The van der Waals surface area contributed by atoms with E-state index in [1.54, 1.807) is 0 Å². The van der Waals surface area contributed by atoms with E-state index >= 15 is 0 Å². The van der Waals surface area contributed by atoms with Crippen LogP contribution in [0.5, 0.6) is 0 Å². The zero-order valence-electron chi connectivity index (χ0n) is 9.65. The van der Waals surface area contributed by atoms with Crippen LogP contribution in [0, 0.1) is 5.92 Å². The number of halogens is 3. The Labute approximate surface area is 106 Å². The molecule has 102 valence electrons. The number of anilines is 1. The number of amides is 2. The van der Waals surface area contributed by atoms with Crippen molar-refractivity contribution in [1.82, 2.24) is 4.98 Å². The number of carbonyl (C=O) groups excluding carboxylic acids is 2. The van der Waals surface area contributed by atoms with Gasteiger partial charge >= 0.3 is 6.18 Å². The van der Waals surface area contributed by atoms with Crippen LogP contribution in [0.15, 0.2) is 18.5 Å². The van der Waals surface area contributed by atoms with Crippen LogP contribution in [0.3, 0.4) is 0 Å². The van der Waals surface area contributed by atoms with Gasteiger partial charge in [0.15, 0.2) is 0 Å². The summed E-state index contributed by atoms with van der Waals surface area (Å²) in [7, 11) is 0. The maximum atomic E-state index is 12.8. The average Bonchev–Trinajstić information content (AvgIpc) is 2.70. The van der Waals surface area contributed by atoms with E-state index in [0.29, 0.717) is 0 Å². The molecule has 8 heteroatoms. The van der Waals surface area contributed by atoms with Gasteiger partial charge in [-0.2, -0.15) is 13.2 Å². The summed E-state index contributed by atoms with van der Waals surface area (Å²) < 4.78 is 38.5. The molecule has 1 saturated heterocycles. The monoisotopic (exact) mass is 273 g/mol. The molecule has 1 aliphatic rings. The van der Waals surface area contributed by atoms with Gasteiger partial charge in [-0.15, -0.1) is 0 Å². The average molecular weight is 273 g/mol. The van der Waals surface area contributed by atoms with Crippen molar-refractivity contribution < 1.29 is 22.8 Å². The largest absolute Gasteiger partial charge is 0.418 e. The Morgan fingerprint density at radius 2 is 2.16 bits per heavy atom. The van der Waals surface area contributed by atoms with E-state index < -0.39 is 29.5 Å². The maximum absolute atomic E-state index is 12.8. The molecule has 1 atom stereocenters. The summed E-state index contributed by atoms with van der Waals surface area (Å²) in [4.78, 5) is 27.2. The van der Waals surface area contributed by atoms with Gasteiger partial charge in [0.2, 0.25) is 11.8 Å². The van der Waals surface area contributed by atoms with Crippen molar-refractivity contribution in [2.24, 2.45) is 11.7 Å². The van der Waals surface area contributed by atoms with Crippen LogP contribution in [0.25, 0.3) is 0 Å². The predicted octanol–water partition coefficient (Wildman–Crippen LogP) is 0.939. The zero-order chi connectivity index (χ0) is 14.2. The standard InChI is InChI=1S/C11H10F3N3O2/c12-11(13,14)7-1-2-16-4-8(7)17-5-6(10(15)19)3-9(17)18/h1-2,4,6H,3,5H2,(H2,15,19). The Hall–Kier alpha value is -2.12. The molecule has 0 spiro atoms. The van der Waals surface area contributed by atoms with Gasteiger partial charge in [-0.3, -0.25) is 14.6 Å². The molecule has 0 bridgehead atoms. The summed E-state index contributed by atoms with van der Waals surface area (Å²) in [5.41, 5.74) is 3.77. The highest BCUT2D eigenvalue weighted by molar-refractivity contribution is 6.00. The summed E-state index contributed by atoms with van der Waals surface area (Å²) in [5, 5.41) is 0. The lowest BCUT2D eigenvalue weighted by Gasteiger charge is -2.20. The fourth-order valence-corrected chi connectivity index (χ4v) is 1.97. The minimum absolute atomic E-state index is 0.150. The van der Waals surface area contributed by atoms with Gasteiger partial charge in [-0.1, -0.05) is 0 Å². The number of hydrogen-bond donors (Lipinski definition) is 1. The summed E-state index contributed by atoms with van der Waals surface area (Å²) in [6.45, 7) is -0.150. The van der Waals surface area contributed by atoms with Crippen LogP contribution in [-0.4, -0.2) is 23.3 Å². The molecule has 2 amide bonds. The van der Waals surface area contributed by atoms with E-state index in [0.717, 1.165) is 23.4 Å². The third-order valence-electron chi connectivity index (χ3n) is 2.92. The number of hydrogen-bond acceptors (Lipinski definition) is 3. The molecular weight excluding hydrogens is 263 g/mol. The Kier molecular flexibility index (Phi) is 3.17. The number of pyridine rings is 1. The van der Waals surface area contributed by atoms with E-state index in [1.807, 2.05) is 0 Å². The second-order valence-corrected chi connectivity index (χ2v) is 4.20. The van der Waals surface area contributed by atoms with Crippen molar-refractivity contribution in [1.29, 1.82) is 0 Å². The third kappa shape index (κ3) is 2.51. The Bertz CT molecular complexity index is 530. The van der Waals surface area contributed by atoms with Gasteiger partial charge < -0.3 is 10.6 Å². The van der Waals surface area contributed by atoms with Gasteiger partial charge in [0.25, 0.3) is 0 Å². The Morgan fingerprint density at radius 1 is 1.47 bits per heavy atom. The van der Waals surface area contributed by atoms with Gasteiger partial charge in [-0.05, 0) is 6.07 Å². The first-order chi connectivity index (χ1) is 8.80. The number of nitrogens with two attached hydrogens (primary N) is 1. The normalized spacial score (nSPS) is 19.8. The minimum Gasteiger partial charge on any atom is -0.369 e. The van der Waals surface area contributed by atoms with Crippen molar-refractivity contribution in [3.8, 4) is 0 Å². The van der Waals surface area contributed by atoms with Crippen LogP contribution in [0.2, 0.25) is 0 Å². The SMILES string of the molecule is NC(=O)C1CC(=O)N(c2cnccc2C(F)(F)F)C1. The first-order valence-electron chi connectivity index (χ1n) is 5.41. The minimum atomic E-state index is -4.59. The summed E-state index contributed by atoms with van der Waals surface area (Å²) in [6, 6.07) is 0.792. The topological polar surface area (TPSA) is 76.3 Å². The summed E-state index contributed by atoms with van der Waals surface area (Å²) in [5.74, 6) is -2.04. The molecule has 2 N–H and O–H groups in total. The highest BCUT2D eigenvalue weighted by Crippen LogP contribution is 2.37. The molecule has 1 aromatic heterocycles. The van der Waals surface area contributed by atoms with Crippen LogP contribution in [-0.2, 0) is 15.8 Å². The van der Waals surface area contributed by atoms with Crippen molar-refractivity contribution in [2.75, 3.05) is 11.4 Å². The molecule has 0 radical (unpaired) electrons. The number of primary amides is 1. The molecule has 19 heavy (non-hydrogen) atoms. The van der Waals surface area contributed by atoms with E-state index in [1.165, 1.54) is 0 Å². The predicted molar refractivity (Wildman–Crippen MR) is 58.9 cm³/mol. The van der Waals surface area contributed by atoms with Crippen molar-refractivity contribution >= 4 is 17.5 Å². The molecule has 5 nitrogen and oxygen atoms in total. The second-order valence-electron chi connectivity index (χ2n) is 4.20. The third-order valence-corrected chi connectivity index (χ3v) is 2.92. The summed E-state index contributed by atoms with van der Waals surface area (Å²) >= 11 is 0. The molecular formula is C11H10F3N3O2. The molecule has 2 heterocycles. The highest BCUT2D eigenvalue weighted by Gasteiger charge is 2.40. The molecule has 0 aliphatic carbocycles. The van der Waals surface area contributed by atoms with Crippen LogP contribution in [0.1, 0.15) is 12.0 Å². The smallest absolute Gasteiger partial charge is 0.369 e. The van der Waals surface area contributed by atoms with Crippen LogP contribution >= 0.6 is 0 Å². The number of rotatable bonds is 2. The zero-order valence-corrected chi connectivity index (χ0v) is 9.65. The molecule has 1 aliphatic heterocycles. The first-order valence-corrected chi connectivity index (χ1v) is 5.41. The fourth-order valence-electron chi connectivity index (χ4n) is 1.97. The Morgan fingerprint density at radius 3 is 2.68 bits per heavy atom. The van der Waals surface area contributed by atoms with Gasteiger partial charge in [0.05, 0.1) is 23.4 Å². The highest BCUT2D eigenvalue weighted by atomic mass is 19.4. The van der Waals surface area contributed by atoms with E-state index in [9.17, 15) is 22.8 Å². The Balaban J connectivity index is 2.38. The molecule has 0 saturated carbocycles. The van der Waals surface area contributed by atoms with Crippen LogP contribution < -0.4 is 10.6 Å². The van der Waals surface area contributed by atoms with E-state index in [-0.39, 0.29) is 18.7 Å². The number of aromatic nitrogens is 1. The lowest BCUT2D eigenvalue weighted by atomic mass is 10.1.